The number of aryl methyl sites for hydroxylation is 3. The molecule has 7 heteroatoms. The fourth-order valence-electron chi connectivity index (χ4n) is 3.19. The first-order valence-electron chi connectivity index (χ1n) is 9.74. The molecule has 0 saturated carbocycles. The molecule has 0 bridgehead atoms. The van der Waals surface area contributed by atoms with Gasteiger partial charge in [0.2, 0.25) is 15.9 Å². The highest BCUT2D eigenvalue weighted by Gasteiger charge is 2.21. The minimum absolute atomic E-state index is 0.239. The Bertz CT molecular complexity index is 921. The van der Waals surface area contributed by atoms with Crippen molar-refractivity contribution in [1.29, 1.82) is 0 Å². The number of benzene rings is 2. The number of amides is 1. The van der Waals surface area contributed by atoms with Crippen molar-refractivity contribution in [1.82, 2.24) is 5.32 Å². The second-order valence-electron chi connectivity index (χ2n) is 7.11. The van der Waals surface area contributed by atoms with E-state index in [0.29, 0.717) is 18.8 Å². The summed E-state index contributed by atoms with van der Waals surface area (Å²) in [5, 5.41) is 2.82. The van der Waals surface area contributed by atoms with Crippen molar-refractivity contribution in [2.75, 3.05) is 30.3 Å². The average molecular weight is 419 g/mol. The van der Waals surface area contributed by atoms with Gasteiger partial charge in [-0.1, -0.05) is 24.3 Å². The third-order valence-electron chi connectivity index (χ3n) is 4.40. The molecule has 29 heavy (non-hydrogen) atoms. The van der Waals surface area contributed by atoms with Crippen LogP contribution in [-0.4, -0.2) is 40.3 Å². The van der Waals surface area contributed by atoms with E-state index < -0.39 is 10.0 Å². The zero-order valence-electron chi connectivity index (χ0n) is 17.6. The van der Waals surface area contributed by atoms with Gasteiger partial charge in [-0.3, -0.25) is 9.10 Å². The van der Waals surface area contributed by atoms with E-state index in [9.17, 15) is 13.2 Å². The maximum absolute atomic E-state index is 12.4. The van der Waals surface area contributed by atoms with E-state index in [1.54, 1.807) is 12.1 Å². The first-order chi connectivity index (χ1) is 13.7. The van der Waals surface area contributed by atoms with Gasteiger partial charge in [0.25, 0.3) is 0 Å². The molecule has 158 valence electrons. The molecule has 0 heterocycles. The number of nitrogens with one attached hydrogen (secondary N) is 1. The number of hydrogen-bond acceptors (Lipinski definition) is 4. The van der Waals surface area contributed by atoms with Crippen LogP contribution >= 0.6 is 0 Å². The van der Waals surface area contributed by atoms with Crippen LogP contribution in [0.15, 0.2) is 42.5 Å². The Hall–Kier alpha value is -2.54. The minimum atomic E-state index is -3.58. The SMILES string of the molecule is CCOc1ccccc1CCCNC(=O)CN(c1cc(C)cc(C)c1)S(C)(=O)=O. The summed E-state index contributed by atoms with van der Waals surface area (Å²) in [4.78, 5) is 12.4. The largest absolute Gasteiger partial charge is 0.494 e. The Labute approximate surface area is 173 Å². The summed E-state index contributed by atoms with van der Waals surface area (Å²) < 4.78 is 31.2. The summed E-state index contributed by atoms with van der Waals surface area (Å²) in [7, 11) is -3.58. The van der Waals surface area contributed by atoms with Crippen LogP contribution in [0.4, 0.5) is 5.69 Å². The van der Waals surface area contributed by atoms with E-state index in [1.165, 1.54) is 0 Å². The third-order valence-corrected chi connectivity index (χ3v) is 5.54. The Kier molecular flexibility index (Phi) is 8.08. The normalized spacial score (nSPS) is 11.2. The number of para-hydroxylation sites is 1. The number of carbonyl (C=O) groups is 1. The van der Waals surface area contributed by atoms with Gasteiger partial charge < -0.3 is 10.1 Å². The van der Waals surface area contributed by atoms with Crippen molar-refractivity contribution < 1.29 is 17.9 Å². The van der Waals surface area contributed by atoms with Crippen molar-refractivity contribution in [3.63, 3.8) is 0 Å². The summed E-state index contributed by atoms with van der Waals surface area (Å²) in [5.41, 5.74) is 3.49. The Balaban J connectivity index is 1.94. The molecule has 0 spiro atoms. The average Bonchev–Trinajstić information content (AvgIpc) is 2.63. The van der Waals surface area contributed by atoms with Gasteiger partial charge in [0.05, 0.1) is 18.6 Å². The molecule has 2 aromatic rings. The van der Waals surface area contributed by atoms with Gasteiger partial charge in [-0.05, 0) is 68.5 Å². The molecule has 0 atom stereocenters. The summed E-state index contributed by atoms with van der Waals surface area (Å²) in [6, 6.07) is 13.3. The molecule has 0 unspecified atom stereocenters. The zero-order chi connectivity index (χ0) is 21.4. The number of ether oxygens (including phenoxy) is 1. The molecule has 0 aliphatic carbocycles. The van der Waals surface area contributed by atoms with Crippen molar-refractivity contribution in [3.8, 4) is 5.75 Å². The molecule has 0 aromatic heterocycles. The number of nitrogens with zero attached hydrogens (tertiary/aromatic N) is 1. The maximum Gasteiger partial charge on any atom is 0.240 e. The first kappa shape index (κ1) is 22.7. The predicted molar refractivity (Wildman–Crippen MR) is 117 cm³/mol. The fraction of sp³-hybridized carbons (Fsp3) is 0.409. The number of sulfonamides is 1. The predicted octanol–water partition coefficient (Wildman–Crippen LogP) is 3.22. The van der Waals surface area contributed by atoms with Crippen molar-refractivity contribution >= 4 is 21.6 Å². The van der Waals surface area contributed by atoms with Crippen LogP contribution in [0.5, 0.6) is 5.75 Å². The standard InChI is InChI=1S/C22H30N2O4S/c1-5-28-21-11-7-6-9-19(21)10-8-12-23-22(25)16-24(29(4,26)27)20-14-17(2)13-18(3)15-20/h6-7,9,11,13-15H,5,8,10,12,16H2,1-4H3,(H,23,25). The van der Waals surface area contributed by atoms with Gasteiger partial charge in [-0.25, -0.2) is 8.42 Å². The summed E-state index contributed by atoms with van der Waals surface area (Å²) in [5.74, 6) is 0.534. The van der Waals surface area contributed by atoms with Gasteiger partial charge in [0.1, 0.15) is 12.3 Å². The lowest BCUT2D eigenvalue weighted by molar-refractivity contribution is -0.119. The maximum atomic E-state index is 12.4. The zero-order valence-corrected chi connectivity index (χ0v) is 18.4. The van der Waals surface area contributed by atoms with E-state index in [2.05, 4.69) is 5.32 Å². The van der Waals surface area contributed by atoms with Crippen LogP contribution in [-0.2, 0) is 21.2 Å². The van der Waals surface area contributed by atoms with Crippen molar-refractivity contribution in [2.45, 2.75) is 33.6 Å². The molecule has 0 saturated heterocycles. The van der Waals surface area contributed by atoms with Crippen molar-refractivity contribution in [3.05, 3.63) is 59.2 Å². The topological polar surface area (TPSA) is 75.7 Å². The highest BCUT2D eigenvalue weighted by Crippen LogP contribution is 2.21. The van der Waals surface area contributed by atoms with E-state index in [-0.39, 0.29) is 12.5 Å². The monoisotopic (exact) mass is 418 g/mol. The molecule has 0 radical (unpaired) electrons. The van der Waals surface area contributed by atoms with E-state index >= 15 is 0 Å². The highest BCUT2D eigenvalue weighted by atomic mass is 32.2. The summed E-state index contributed by atoms with van der Waals surface area (Å²) in [6.07, 6.45) is 2.62. The smallest absolute Gasteiger partial charge is 0.240 e. The molecule has 0 fully saturated rings. The Morgan fingerprint density at radius 2 is 1.76 bits per heavy atom. The molecule has 2 rings (SSSR count). The summed E-state index contributed by atoms with van der Waals surface area (Å²) in [6.45, 7) is 6.57. The molecule has 1 N–H and O–H groups in total. The number of rotatable bonds is 10. The van der Waals surface area contributed by atoms with Crippen LogP contribution < -0.4 is 14.4 Å². The first-order valence-corrected chi connectivity index (χ1v) is 11.6. The van der Waals surface area contributed by atoms with Crippen LogP contribution in [0.3, 0.4) is 0 Å². The van der Waals surface area contributed by atoms with E-state index in [1.807, 2.05) is 51.1 Å². The lowest BCUT2D eigenvalue weighted by Crippen LogP contribution is -2.40. The molecular weight excluding hydrogens is 388 g/mol. The lowest BCUT2D eigenvalue weighted by Gasteiger charge is -2.22. The van der Waals surface area contributed by atoms with Crippen LogP contribution in [0.2, 0.25) is 0 Å². The van der Waals surface area contributed by atoms with Gasteiger partial charge >= 0.3 is 0 Å². The van der Waals surface area contributed by atoms with Crippen LogP contribution in [0, 0.1) is 13.8 Å². The fourth-order valence-corrected chi connectivity index (χ4v) is 4.03. The van der Waals surface area contributed by atoms with Crippen LogP contribution in [0.25, 0.3) is 0 Å². The Morgan fingerprint density at radius 1 is 1.10 bits per heavy atom. The number of carbonyl (C=O) groups excluding carboxylic acids is 1. The lowest BCUT2D eigenvalue weighted by atomic mass is 10.1. The second kappa shape index (κ2) is 10.3. The van der Waals surface area contributed by atoms with Crippen molar-refractivity contribution in [2.24, 2.45) is 0 Å². The van der Waals surface area contributed by atoms with Crippen LogP contribution in [0.1, 0.15) is 30.0 Å². The molecular formula is C22H30N2O4S. The number of anilines is 1. The minimum Gasteiger partial charge on any atom is -0.494 e. The van der Waals surface area contributed by atoms with E-state index in [4.69, 9.17) is 4.74 Å². The molecule has 6 nitrogen and oxygen atoms in total. The number of hydrogen-bond donors (Lipinski definition) is 1. The molecule has 0 aliphatic heterocycles. The third kappa shape index (κ3) is 7.09. The second-order valence-corrected chi connectivity index (χ2v) is 9.02. The summed E-state index contributed by atoms with van der Waals surface area (Å²) >= 11 is 0. The van der Waals surface area contributed by atoms with Gasteiger partial charge in [-0.2, -0.15) is 0 Å². The molecule has 2 aromatic carbocycles. The van der Waals surface area contributed by atoms with Gasteiger partial charge in [0.15, 0.2) is 0 Å². The molecule has 1 amide bonds. The quantitative estimate of drug-likeness (QED) is 0.601. The van der Waals surface area contributed by atoms with Gasteiger partial charge in [0, 0.05) is 6.54 Å². The highest BCUT2D eigenvalue weighted by molar-refractivity contribution is 7.92. The Morgan fingerprint density at radius 3 is 2.38 bits per heavy atom. The van der Waals surface area contributed by atoms with E-state index in [0.717, 1.165) is 45.8 Å². The molecule has 0 aliphatic rings. The van der Waals surface area contributed by atoms with Gasteiger partial charge in [-0.15, -0.1) is 0 Å².